The molecule has 1 atom stereocenters. The highest BCUT2D eigenvalue weighted by molar-refractivity contribution is 5.40. The van der Waals surface area contributed by atoms with Crippen molar-refractivity contribution in [3.8, 4) is 0 Å². The zero-order valence-electron chi connectivity index (χ0n) is 10.6. The number of fused-ring (bicyclic) bond motifs is 1. The minimum absolute atomic E-state index is 0.351. The van der Waals surface area contributed by atoms with Crippen LogP contribution >= 0.6 is 0 Å². The van der Waals surface area contributed by atoms with Crippen LogP contribution in [-0.4, -0.2) is 29.3 Å². The maximum Gasteiger partial charge on any atom is 0.489 e. The summed E-state index contributed by atoms with van der Waals surface area (Å²) in [6.45, 7) is 1.06. The van der Waals surface area contributed by atoms with Crippen LogP contribution in [0.25, 0.3) is 0 Å². The number of alkyl halides is 3. The SMILES string of the molecule is FC(F)(F)c1ccnc([N+]=NC2OCC=C3CNC=C32)n1. The van der Waals surface area contributed by atoms with E-state index in [1.165, 1.54) is 0 Å². The summed E-state index contributed by atoms with van der Waals surface area (Å²) in [7, 11) is 0. The van der Waals surface area contributed by atoms with E-state index in [1.807, 2.05) is 6.08 Å². The van der Waals surface area contributed by atoms with E-state index in [0.717, 1.165) is 23.4 Å². The smallest absolute Gasteiger partial charge is 0.386 e. The summed E-state index contributed by atoms with van der Waals surface area (Å²) >= 11 is 0. The minimum atomic E-state index is -4.54. The third-order valence-corrected chi connectivity index (χ3v) is 2.96. The molecule has 109 valence electrons. The molecule has 1 unspecified atom stereocenters. The second-order valence-electron chi connectivity index (χ2n) is 4.35. The van der Waals surface area contributed by atoms with Gasteiger partial charge in [-0.1, -0.05) is 21.2 Å². The fourth-order valence-corrected chi connectivity index (χ4v) is 1.97. The zero-order chi connectivity index (χ0) is 14.9. The summed E-state index contributed by atoms with van der Waals surface area (Å²) in [5.74, 6) is -0.351. The van der Waals surface area contributed by atoms with E-state index < -0.39 is 18.1 Å². The molecule has 0 spiro atoms. The van der Waals surface area contributed by atoms with Crippen LogP contribution in [0.5, 0.6) is 0 Å². The van der Waals surface area contributed by atoms with Crippen LogP contribution < -0.4 is 10.4 Å². The van der Waals surface area contributed by atoms with Crippen molar-refractivity contribution in [3.05, 3.63) is 41.4 Å². The first-order valence-electron chi connectivity index (χ1n) is 6.09. The van der Waals surface area contributed by atoms with E-state index in [2.05, 4.69) is 25.5 Å². The van der Waals surface area contributed by atoms with E-state index in [4.69, 9.17) is 4.74 Å². The normalized spacial score (nSPS) is 21.8. The maximum absolute atomic E-state index is 12.5. The molecule has 0 saturated heterocycles. The quantitative estimate of drug-likeness (QED) is 0.843. The Hall–Kier alpha value is -2.29. The maximum atomic E-state index is 12.5. The number of hydrogen-bond acceptors (Lipinski definition) is 6. The second-order valence-corrected chi connectivity index (χ2v) is 4.35. The molecule has 9 heteroatoms. The van der Waals surface area contributed by atoms with Gasteiger partial charge in [-0.25, -0.2) is 0 Å². The third kappa shape index (κ3) is 2.92. The summed E-state index contributed by atoms with van der Waals surface area (Å²) in [6.07, 6.45) is -0.533. The fraction of sp³-hybridized carbons (Fsp3) is 0.333. The standard InChI is InChI=1S/C12H10F3N5O/c13-12(14,15)9-1-3-17-11(18-9)20-19-10-8-6-16-5-7(8)2-4-21-10/h1-3,6,10,16H,4-5H2/q+1. The van der Waals surface area contributed by atoms with Crippen molar-refractivity contribution in [1.82, 2.24) is 20.4 Å². The number of halogens is 3. The Balaban J connectivity index is 1.79. The van der Waals surface area contributed by atoms with Gasteiger partial charge in [0.2, 0.25) is 11.9 Å². The molecule has 0 aromatic carbocycles. The molecule has 3 rings (SSSR count). The number of ether oxygens (including phenoxy) is 1. The average molecular weight is 297 g/mol. The Bertz CT molecular complexity index is 638. The first kappa shape index (κ1) is 13.7. The summed E-state index contributed by atoms with van der Waals surface area (Å²) < 4.78 is 43.0. The first-order chi connectivity index (χ1) is 10.0. The number of hydrogen-bond donors (Lipinski definition) is 1. The fourth-order valence-electron chi connectivity index (χ4n) is 1.97. The molecular formula is C12H10F3N5O+. The highest BCUT2D eigenvalue weighted by Gasteiger charge is 2.37. The van der Waals surface area contributed by atoms with Crippen LogP contribution in [0, 0.1) is 0 Å². The molecule has 6 nitrogen and oxygen atoms in total. The predicted molar refractivity (Wildman–Crippen MR) is 65.2 cm³/mol. The Morgan fingerprint density at radius 2 is 2.29 bits per heavy atom. The minimum Gasteiger partial charge on any atom is -0.386 e. The molecule has 2 aliphatic rings. The molecular weight excluding hydrogens is 287 g/mol. The molecule has 1 N–H and O–H groups in total. The Kier molecular flexibility index (Phi) is 3.42. The van der Waals surface area contributed by atoms with Gasteiger partial charge in [-0.05, 0) is 5.57 Å². The highest BCUT2D eigenvalue weighted by Crippen LogP contribution is 2.28. The molecule has 0 fully saturated rings. The van der Waals surface area contributed by atoms with Gasteiger partial charge < -0.3 is 10.1 Å². The van der Waals surface area contributed by atoms with Gasteiger partial charge >= 0.3 is 12.1 Å². The Morgan fingerprint density at radius 3 is 3.10 bits per heavy atom. The number of nitrogens with one attached hydrogen (secondary N) is 1. The summed E-state index contributed by atoms with van der Waals surface area (Å²) in [4.78, 5) is 6.96. The van der Waals surface area contributed by atoms with Crippen LogP contribution in [0.2, 0.25) is 0 Å². The van der Waals surface area contributed by atoms with Crippen LogP contribution in [0.1, 0.15) is 5.69 Å². The Morgan fingerprint density at radius 1 is 1.43 bits per heavy atom. The van der Waals surface area contributed by atoms with E-state index in [9.17, 15) is 13.2 Å². The number of nitrogens with zero attached hydrogens (tertiary/aromatic N) is 4. The molecule has 0 saturated carbocycles. The van der Waals surface area contributed by atoms with Crippen molar-refractivity contribution < 1.29 is 17.9 Å². The van der Waals surface area contributed by atoms with E-state index in [0.29, 0.717) is 13.2 Å². The predicted octanol–water partition coefficient (Wildman–Crippen LogP) is 1.68. The lowest BCUT2D eigenvalue weighted by molar-refractivity contribution is -0.141. The van der Waals surface area contributed by atoms with E-state index in [1.54, 1.807) is 6.20 Å². The molecule has 2 aliphatic heterocycles. The van der Waals surface area contributed by atoms with E-state index >= 15 is 0 Å². The van der Waals surface area contributed by atoms with Gasteiger partial charge in [0.15, 0.2) is 0 Å². The third-order valence-electron chi connectivity index (χ3n) is 2.96. The van der Waals surface area contributed by atoms with Crippen molar-refractivity contribution in [2.75, 3.05) is 13.2 Å². The lowest BCUT2D eigenvalue weighted by atomic mass is 10.1. The molecule has 1 aromatic rings. The van der Waals surface area contributed by atoms with Crippen molar-refractivity contribution in [1.29, 1.82) is 0 Å². The van der Waals surface area contributed by atoms with Crippen LogP contribution in [-0.2, 0) is 10.9 Å². The van der Waals surface area contributed by atoms with Gasteiger partial charge in [0.25, 0.3) is 0 Å². The highest BCUT2D eigenvalue weighted by atomic mass is 19.4. The van der Waals surface area contributed by atoms with Gasteiger partial charge in [-0.2, -0.15) is 13.2 Å². The molecule has 0 bridgehead atoms. The lowest BCUT2D eigenvalue weighted by Crippen LogP contribution is -2.20. The van der Waals surface area contributed by atoms with Gasteiger partial charge in [-0.3, -0.25) is 0 Å². The zero-order valence-corrected chi connectivity index (χ0v) is 10.6. The van der Waals surface area contributed by atoms with Gasteiger partial charge in [-0.15, -0.1) is 0 Å². The van der Waals surface area contributed by atoms with Crippen LogP contribution in [0.3, 0.4) is 0 Å². The number of azo groups is 1. The van der Waals surface area contributed by atoms with Crippen LogP contribution in [0.4, 0.5) is 19.1 Å². The summed E-state index contributed by atoms with van der Waals surface area (Å²) in [5, 5.41) is 10.6. The molecule has 1 radical (unpaired) electrons. The first-order valence-corrected chi connectivity index (χ1v) is 6.09. The van der Waals surface area contributed by atoms with Crippen molar-refractivity contribution in [2.24, 2.45) is 5.11 Å². The molecule has 1 aromatic heterocycles. The van der Waals surface area contributed by atoms with Crippen LogP contribution in [0.15, 0.2) is 40.8 Å². The van der Waals surface area contributed by atoms with Gasteiger partial charge in [0.05, 0.1) is 11.7 Å². The average Bonchev–Trinajstić information content (AvgIpc) is 2.93. The summed E-state index contributed by atoms with van der Waals surface area (Å²) in [6, 6.07) is 0.778. The summed E-state index contributed by atoms with van der Waals surface area (Å²) in [5.41, 5.74) is 0.811. The molecule has 0 aliphatic carbocycles. The van der Waals surface area contributed by atoms with Crippen molar-refractivity contribution in [3.63, 3.8) is 0 Å². The van der Waals surface area contributed by atoms with Crippen molar-refractivity contribution in [2.45, 2.75) is 12.4 Å². The topological polar surface area (TPSA) is 73.5 Å². The largest absolute Gasteiger partial charge is 0.489 e. The monoisotopic (exact) mass is 297 g/mol. The van der Waals surface area contributed by atoms with E-state index in [-0.39, 0.29) is 5.95 Å². The van der Waals surface area contributed by atoms with Gasteiger partial charge in [0.1, 0.15) is 6.20 Å². The molecule has 3 heterocycles. The number of rotatable bonds is 2. The molecule has 0 amide bonds. The Labute approximate surface area is 117 Å². The van der Waals surface area contributed by atoms with Crippen molar-refractivity contribution >= 4 is 5.95 Å². The second kappa shape index (κ2) is 5.24. The number of aromatic nitrogens is 2. The van der Waals surface area contributed by atoms with Gasteiger partial charge in [0, 0.05) is 24.4 Å². The lowest BCUT2D eigenvalue weighted by Gasteiger charge is -2.17. The molecule has 21 heavy (non-hydrogen) atoms.